The van der Waals surface area contributed by atoms with Gasteiger partial charge in [0.05, 0.1) is 12.1 Å². The van der Waals surface area contributed by atoms with Crippen molar-refractivity contribution in [1.82, 2.24) is 14.8 Å². The Morgan fingerprint density at radius 2 is 1.84 bits per heavy atom. The van der Waals surface area contributed by atoms with Crippen LogP contribution >= 0.6 is 0 Å². The van der Waals surface area contributed by atoms with Crippen molar-refractivity contribution < 1.29 is 9.90 Å². The quantitative estimate of drug-likeness (QED) is 0.766. The topological polar surface area (TPSA) is 68.0 Å². The average molecular weight is 434 g/mol. The Hall–Kier alpha value is -1.75. The minimum Gasteiger partial charge on any atom is -0.390 e. The van der Waals surface area contributed by atoms with Crippen LogP contribution in [0.15, 0.2) is 24.5 Å². The first-order valence-corrected chi connectivity index (χ1v) is 13.0. The van der Waals surface area contributed by atoms with Gasteiger partial charge in [0, 0.05) is 23.7 Å². The fraction of sp³-hybridized carbons (Fsp3) is 0.741. The van der Waals surface area contributed by atoms with Crippen LogP contribution in [0.3, 0.4) is 0 Å². The third kappa shape index (κ3) is 2.69. The molecule has 2 aromatic rings. The van der Waals surface area contributed by atoms with E-state index in [2.05, 4.69) is 17.0 Å². The lowest BCUT2D eigenvalue weighted by molar-refractivity contribution is -0.131. The fourth-order valence-corrected chi connectivity index (χ4v) is 9.47. The number of carbonyl (C=O) groups is 1. The highest BCUT2D eigenvalue weighted by atomic mass is 16.3. The molecule has 0 aromatic carbocycles. The third-order valence-electron chi connectivity index (χ3n) is 11.0. The number of carbonyl (C=O) groups excluding carboxylic acids is 1. The Morgan fingerprint density at radius 3 is 2.66 bits per heavy atom. The zero-order valence-electron chi connectivity index (χ0n) is 19.1. The molecule has 9 atom stereocenters. The van der Waals surface area contributed by atoms with Crippen LogP contribution in [0.2, 0.25) is 0 Å². The summed E-state index contributed by atoms with van der Waals surface area (Å²) in [6, 6.07) is 3.93. The molecule has 2 heterocycles. The zero-order chi connectivity index (χ0) is 21.7. The molecule has 5 aliphatic carbocycles. The number of Topliss-reactive ketones (excluding diaryl/α,β-unsaturated/α-hetero) is 1. The Labute approximate surface area is 190 Å². The van der Waals surface area contributed by atoms with Crippen LogP contribution in [0.1, 0.15) is 64.7 Å². The molecule has 5 fully saturated rings. The molecular formula is C27H35N3O2. The van der Waals surface area contributed by atoms with Crippen LogP contribution in [-0.4, -0.2) is 31.3 Å². The van der Waals surface area contributed by atoms with Crippen LogP contribution in [0.25, 0.3) is 11.0 Å². The van der Waals surface area contributed by atoms with Crippen LogP contribution < -0.4 is 0 Å². The summed E-state index contributed by atoms with van der Waals surface area (Å²) in [5.74, 6) is 5.11. The standard InChI is InChI=1S/C27H35N3O2/c1-26-10-8-17-18-9-11-27(32)13-23(27)20(18)5-4-19(17)21(26)6-7-22(26)24(31)15-30-14-16-3-2-12-28-25(16)29-30/h2-3,12,14,17-23,32H,4-11,13,15H2,1H3/t17-,18-,19-,20+,21+,22-,23?,26+,27+/m1/s1. The first-order chi connectivity index (χ1) is 15.5. The highest BCUT2D eigenvalue weighted by Gasteiger charge is 2.65. The number of nitrogens with zero attached hydrogens (tertiary/aromatic N) is 3. The summed E-state index contributed by atoms with van der Waals surface area (Å²) >= 11 is 0. The molecule has 2 aromatic heterocycles. The lowest BCUT2D eigenvalue weighted by atomic mass is 9.49. The monoisotopic (exact) mass is 433 g/mol. The Kier molecular flexibility index (Phi) is 4.09. The molecule has 0 amide bonds. The van der Waals surface area contributed by atoms with E-state index in [9.17, 15) is 9.90 Å². The first-order valence-electron chi connectivity index (χ1n) is 13.0. The summed E-state index contributed by atoms with van der Waals surface area (Å²) in [4.78, 5) is 17.8. The van der Waals surface area contributed by atoms with Gasteiger partial charge in [-0.25, -0.2) is 4.98 Å². The van der Waals surface area contributed by atoms with Crippen molar-refractivity contribution in [1.29, 1.82) is 0 Å². The highest BCUT2D eigenvalue weighted by molar-refractivity contribution is 5.82. The second kappa shape index (κ2) is 6.65. The van der Waals surface area contributed by atoms with Gasteiger partial charge in [-0.1, -0.05) is 6.92 Å². The number of fused-ring (bicyclic) bond motifs is 8. The van der Waals surface area contributed by atoms with Gasteiger partial charge in [-0.15, -0.1) is 0 Å². The van der Waals surface area contributed by atoms with Crippen molar-refractivity contribution in [2.75, 3.05) is 0 Å². The number of aromatic nitrogens is 3. The molecule has 170 valence electrons. The normalized spacial score (nSPS) is 46.8. The third-order valence-corrected chi connectivity index (χ3v) is 11.0. The van der Waals surface area contributed by atoms with Gasteiger partial charge in [-0.3, -0.25) is 9.48 Å². The van der Waals surface area contributed by atoms with Crippen molar-refractivity contribution in [2.45, 2.75) is 76.9 Å². The van der Waals surface area contributed by atoms with E-state index >= 15 is 0 Å². The smallest absolute Gasteiger partial charge is 0.181 e. The summed E-state index contributed by atoms with van der Waals surface area (Å²) < 4.78 is 1.81. The maximum atomic E-state index is 13.5. The Morgan fingerprint density at radius 1 is 1.06 bits per heavy atom. The minimum absolute atomic E-state index is 0.158. The van der Waals surface area contributed by atoms with Crippen molar-refractivity contribution >= 4 is 16.8 Å². The number of rotatable bonds is 3. The molecule has 1 N–H and O–H groups in total. The van der Waals surface area contributed by atoms with E-state index in [0.29, 0.717) is 24.2 Å². The van der Waals surface area contributed by atoms with E-state index in [-0.39, 0.29) is 16.9 Å². The lowest BCUT2D eigenvalue weighted by Gasteiger charge is -2.56. The van der Waals surface area contributed by atoms with Crippen LogP contribution in [0.5, 0.6) is 0 Å². The molecule has 0 saturated heterocycles. The summed E-state index contributed by atoms with van der Waals surface area (Å²) in [5, 5.41) is 16.2. The van der Waals surface area contributed by atoms with Crippen molar-refractivity contribution in [2.24, 2.45) is 46.8 Å². The number of pyridine rings is 1. The van der Waals surface area contributed by atoms with Gasteiger partial charge in [0.1, 0.15) is 0 Å². The molecule has 32 heavy (non-hydrogen) atoms. The van der Waals surface area contributed by atoms with E-state index in [1.165, 1.54) is 38.5 Å². The number of ketones is 1. The van der Waals surface area contributed by atoms with Crippen molar-refractivity contribution in [3.8, 4) is 0 Å². The van der Waals surface area contributed by atoms with Gasteiger partial charge in [-0.2, -0.15) is 5.10 Å². The van der Waals surface area contributed by atoms with Gasteiger partial charge < -0.3 is 5.11 Å². The van der Waals surface area contributed by atoms with E-state index in [0.717, 1.165) is 54.0 Å². The molecule has 0 spiro atoms. The lowest BCUT2D eigenvalue weighted by Crippen LogP contribution is -2.50. The summed E-state index contributed by atoms with van der Waals surface area (Å²) in [6.45, 7) is 2.82. The number of aliphatic hydroxyl groups is 1. The van der Waals surface area contributed by atoms with Gasteiger partial charge >= 0.3 is 0 Å². The fourth-order valence-electron chi connectivity index (χ4n) is 9.47. The van der Waals surface area contributed by atoms with Gasteiger partial charge in [0.15, 0.2) is 11.4 Å². The average Bonchev–Trinajstić information content (AvgIpc) is 3.13. The highest BCUT2D eigenvalue weighted by Crippen LogP contribution is 2.68. The van der Waals surface area contributed by atoms with Gasteiger partial charge in [-0.05, 0) is 111 Å². The maximum Gasteiger partial charge on any atom is 0.181 e. The molecule has 1 unspecified atom stereocenters. The summed E-state index contributed by atoms with van der Waals surface area (Å²) in [6.07, 6.45) is 14.5. The second-order valence-corrected chi connectivity index (χ2v) is 12.2. The van der Waals surface area contributed by atoms with Crippen LogP contribution in [0.4, 0.5) is 0 Å². The van der Waals surface area contributed by atoms with E-state index in [1.54, 1.807) is 6.20 Å². The van der Waals surface area contributed by atoms with E-state index in [1.807, 2.05) is 23.0 Å². The molecule has 5 heteroatoms. The molecule has 0 aliphatic heterocycles. The van der Waals surface area contributed by atoms with Crippen LogP contribution in [0, 0.1) is 46.8 Å². The largest absolute Gasteiger partial charge is 0.390 e. The number of hydrogen-bond donors (Lipinski definition) is 1. The molecular weight excluding hydrogens is 398 g/mol. The minimum atomic E-state index is -0.283. The molecule has 5 nitrogen and oxygen atoms in total. The molecule has 0 radical (unpaired) electrons. The van der Waals surface area contributed by atoms with Crippen molar-refractivity contribution in [3.05, 3.63) is 24.5 Å². The first kappa shape index (κ1) is 19.7. The Bertz CT molecular complexity index is 1050. The van der Waals surface area contributed by atoms with Crippen LogP contribution in [-0.2, 0) is 11.3 Å². The molecule has 7 rings (SSSR count). The summed E-state index contributed by atoms with van der Waals surface area (Å²) in [7, 11) is 0. The molecule has 5 aliphatic rings. The predicted molar refractivity (Wildman–Crippen MR) is 122 cm³/mol. The second-order valence-electron chi connectivity index (χ2n) is 12.2. The Balaban J connectivity index is 1.09. The maximum absolute atomic E-state index is 13.5. The molecule has 0 bridgehead atoms. The SMILES string of the molecule is C[C@]12CC[C@@H]3[C@H]4CC[C@]5(O)CC5[C@H]4CC[C@H]3[C@@H]1CC[C@@H]2C(=O)Cn1cc2cccnc2n1. The predicted octanol–water partition coefficient (Wildman–Crippen LogP) is 4.63. The van der Waals surface area contributed by atoms with E-state index in [4.69, 9.17) is 0 Å². The van der Waals surface area contributed by atoms with Crippen molar-refractivity contribution in [3.63, 3.8) is 0 Å². The number of hydrogen-bond acceptors (Lipinski definition) is 4. The summed E-state index contributed by atoms with van der Waals surface area (Å²) in [5.41, 5.74) is 0.600. The van der Waals surface area contributed by atoms with Gasteiger partial charge in [0.25, 0.3) is 0 Å². The zero-order valence-corrected chi connectivity index (χ0v) is 19.1. The van der Waals surface area contributed by atoms with Gasteiger partial charge in [0.2, 0.25) is 0 Å². The van der Waals surface area contributed by atoms with E-state index < -0.39 is 0 Å². The molecule has 5 saturated carbocycles.